The lowest BCUT2D eigenvalue weighted by molar-refractivity contribution is -0.185. The highest BCUT2D eigenvalue weighted by molar-refractivity contribution is 5.76. The van der Waals surface area contributed by atoms with Gasteiger partial charge in [-0.1, -0.05) is 6.08 Å². The number of ether oxygens (including phenoxy) is 2. The van der Waals surface area contributed by atoms with Crippen LogP contribution in [0, 0.1) is 0 Å². The van der Waals surface area contributed by atoms with E-state index in [-0.39, 0.29) is 11.7 Å². The quantitative estimate of drug-likeness (QED) is 0.727. The van der Waals surface area contributed by atoms with Gasteiger partial charge in [-0.15, -0.1) is 6.58 Å². The third kappa shape index (κ3) is 3.54. The predicted octanol–water partition coefficient (Wildman–Crippen LogP) is 0.518. The van der Waals surface area contributed by atoms with Crippen molar-refractivity contribution in [3.8, 4) is 0 Å². The lowest BCUT2D eigenvalue weighted by Gasteiger charge is -2.37. The first-order valence-corrected chi connectivity index (χ1v) is 6.62. The molecule has 0 radical (unpaired) electrons. The molecule has 2 aliphatic rings. The van der Waals surface area contributed by atoms with Gasteiger partial charge in [0.15, 0.2) is 5.79 Å². The van der Waals surface area contributed by atoms with E-state index in [2.05, 4.69) is 16.8 Å². The average Bonchev–Trinajstić information content (AvgIpc) is 2.84. The van der Waals surface area contributed by atoms with Crippen molar-refractivity contribution in [1.29, 1.82) is 0 Å². The monoisotopic (exact) mass is 254 g/mol. The highest BCUT2D eigenvalue weighted by Gasteiger charge is 2.39. The number of amides is 1. The number of hydrogen-bond acceptors (Lipinski definition) is 4. The Morgan fingerprint density at radius 2 is 2.00 bits per heavy atom. The van der Waals surface area contributed by atoms with Crippen LogP contribution in [0.4, 0.5) is 0 Å². The Morgan fingerprint density at radius 1 is 1.33 bits per heavy atom. The molecule has 0 aliphatic carbocycles. The Kier molecular flexibility index (Phi) is 4.74. The van der Waals surface area contributed by atoms with E-state index in [0.717, 1.165) is 32.5 Å². The molecule has 102 valence electrons. The fraction of sp³-hybridized carbons (Fsp3) is 0.769. The van der Waals surface area contributed by atoms with Gasteiger partial charge >= 0.3 is 0 Å². The van der Waals surface area contributed by atoms with Crippen LogP contribution in [0.3, 0.4) is 0 Å². The predicted molar refractivity (Wildman–Crippen MR) is 68.1 cm³/mol. The second-order valence-electron chi connectivity index (χ2n) is 4.79. The van der Waals surface area contributed by atoms with E-state index in [4.69, 9.17) is 9.47 Å². The van der Waals surface area contributed by atoms with Crippen LogP contribution in [-0.4, -0.2) is 56.0 Å². The van der Waals surface area contributed by atoms with Gasteiger partial charge in [0.1, 0.15) is 0 Å². The minimum Gasteiger partial charge on any atom is -0.353 e. The summed E-state index contributed by atoms with van der Waals surface area (Å²) in [5.41, 5.74) is 0. The van der Waals surface area contributed by atoms with Crippen LogP contribution in [0.2, 0.25) is 0 Å². The number of likely N-dealkylation sites (tertiary alicyclic amines) is 1. The van der Waals surface area contributed by atoms with E-state index >= 15 is 0 Å². The van der Waals surface area contributed by atoms with Crippen LogP contribution in [0.15, 0.2) is 12.7 Å². The SMILES string of the molecule is C=CCNC(=O)CCN1CCC2(CC1)OCCO2. The normalized spacial score (nSPS) is 23.1. The number of piperidine rings is 1. The van der Waals surface area contributed by atoms with Gasteiger partial charge < -0.3 is 19.7 Å². The van der Waals surface area contributed by atoms with Gasteiger partial charge in [0.2, 0.25) is 5.91 Å². The van der Waals surface area contributed by atoms with Crippen LogP contribution in [0.25, 0.3) is 0 Å². The average molecular weight is 254 g/mol. The maximum absolute atomic E-state index is 11.5. The van der Waals surface area contributed by atoms with Crippen LogP contribution in [0.5, 0.6) is 0 Å². The molecule has 5 heteroatoms. The van der Waals surface area contributed by atoms with Crippen molar-refractivity contribution >= 4 is 5.91 Å². The minimum atomic E-state index is -0.318. The molecule has 0 aromatic carbocycles. The highest BCUT2D eigenvalue weighted by atomic mass is 16.7. The largest absolute Gasteiger partial charge is 0.353 e. The molecular formula is C13H22N2O3. The Labute approximate surface area is 108 Å². The number of carbonyl (C=O) groups is 1. The Bertz CT molecular complexity index is 291. The molecule has 0 unspecified atom stereocenters. The topological polar surface area (TPSA) is 50.8 Å². The molecule has 0 aromatic rings. The van der Waals surface area contributed by atoms with Gasteiger partial charge in [0.05, 0.1) is 13.2 Å². The Morgan fingerprint density at radius 3 is 2.61 bits per heavy atom. The summed E-state index contributed by atoms with van der Waals surface area (Å²) in [4.78, 5) is 13.8. The van der Waals surface area contributed by atoms with Crippen molar-refractivity contribution in [3.05, 3.63) is 12.7 Å². The molecule has 18 heavy (non-hydrogen) atoms. The van der Waals surface area contributed by atoms with Crippen LogP contribution < -0.4 is 5.32 Å². The third-order valence-electron chi connectivity index (χ3n) is 3.53. The third-order valence-corrected chi connectivity index (χ3v) is 3.53. The smallest absolute Gasteiger partial charge is 0.221 e. The summed E-state index contributed by atoms with van der Waals surface area (Å²) in [5, 5.41) is 2.79. The van der Waals surface area contributed by atoms with E-state index in [9.17, 15) is 4.79 Å². The summed E-state index contributed by atoms with van der Waals surface area (Å²) in [5.74, 6) is -0.231. The van der Waals surface area contributed by atoms with Crippen molar-refractivity contribution in [2.45, 2.75) is 25.0 Å². The fourth-order valence-electron chi connectivity index (χ4n) is 2.44. The summed E-state index contributed by atoms with van der Waals surface area (Å²) < 4.78 is 11.3. The lowest BCUT2D eigenvalue weighted by Crippen LogP contribution is -2.45. The molecule has 0 aromatic heterocycles. The number of carbonyl (C=O) groups excluding carboxylic acids is 1. The molecule has 1 N–H and O–H groups in total. The zero-order valence-corrected chi connectivity index (χ0v) is 10.8. The van der Waals surface area contributed by atoms with Gasteiger partial charge in [-0.05, 0) is 0 Å². The molecule has 5 nitrogen and oxygen atoms in total. The molecule has 1 amide bonds. The first-order valence-electron chi connectivity index (χ1n) is 6.62. The van der Waals surface area contributed by atoms with Crippen molar-refractivity contribution < 1.29 is 14.3 Å². The van der Waals surface area contributed by atoms with Crippen LogP contribution >= 0.6 is 0 Å². The van der Waals surface area contributed by atoms with E-state index < -0.39 is 0 Å². The first-order chi connectivity index (χ1) is 8.74. The lowest BCUT2D eigenvalue weighted by atomic mass is 10.0. The second-order valence-corrected chi connectivity index (χ2v) is 4.79. The van der Waals surface area contributed by atoms with E-state index in [1.54, 1.807) is 6.08 Å². The second kappa shape index (κ2) is 6.31. The molecule has 1 spiro atoms. The summed E-state index contributed by atoms with van der Waals surface area (Å²) in [6.07, 6.45) is 4.04. The Balaban J connectivity index is 1.64. The van der Waals surface area contributed by atoms with E-state index in [0.29, 0.717) is 26.2 Å². The first kappa shape index (κ1) is 13.5. The van der Waals surface area contributed by atoms with E-state index in [1.807, 2.05) is 0 Å². The minimum absolute atomic E-state index is 0.0866. The molecule has 2 aliphatic heterocycles. The Hall–Kier alpha value is -0.910. The summed E-state index contributed by atoms with van der Waals surface area (Å²) in [6, 6.07) is 0. The maximum Gasteiger partial charge on any atom is 0.221 e. The van der Waals surface area contributed by atoms with Gasteiger partial charge in [-0.3, -0.25) is 4.79 Å². The summed E-state index contributed by atoms with van der Waals surface area (Å²) in [7, 11) is 0. The fourth-order valence-corrected chi connectivity index (χ4v) is 2.44. The highest BCUT2D eigenvalue weighted by Crippen LogP contribution is 2.31. The molecule has 0 saturated carbocycles. The van der Waals surface area contributed by atoms with Crippen molar-refractivity contribution in [3.63, 3.8) is 0 Å². The molecule has 0 atom stereocenters. The van der Waals surface area contributed by atoms with Gasteiger partial charge in [0.25, 0.3) is 0 Å². The van der Waals surface area contributed by atoms with Gasteiger partial charge in [0, 0.05) is 45.4 Å². The van der Waals surface area contributed by atoms with Gasteiger partial charge in [-0.2, -0.15) is 0 Å². The zero-order valence-electron chi connectivity index (χ0n) is 10.8. The molecular weight excluding hydrogens is 232 g/mol. The van der Waals surface area contributed by atoms with Crippen LogP contribution in [0.1, 0.15) is 19.3 Å². The molecule has 0 bridgehead atoms. The van der Waals surface area contributed by atoms with Crippen molar-refractivity contribution in [1.82, 2.24) is 10.2 Å². The number of rotatable bonds is 5. The van der Waals surface area contributed by atoms with Crippen LogP contribution in [-0.2, 0) is 14.3 Å². The molecule has 2 heterocycles. The zero-order chi connectivity index (χ0) is 12.8. The van der Waals surface area contributed by atoms with Crippen molar-refractivity contribution in [2.24, 2.45) is 0 Å². The number of hydrogen-bond donors (Lipinski definition) is 1. The summed E-state index contributed by atoms with van der Waals surface area (Å²) >= 11 is 0. The van der Waals surface area contributed by atoms with Crippen molar-refractivity contribution in [2.75, 3.05) is 39.4 Å². The maximum atomic E-state index is 11.5. The number of nitrogens with one attached hydrogen (secondary N) is 1. The molecule has 2 saturated heterocycles. The standard InChI is InChI=1S/C13H22N2O3/c1-2-6-14-12(16)3-7-15-8-4-13(5-9-15)17-10-11-18-13/h2H,1,3-11H2,(H,14,16). The van der Waals surface area contributed by atoms with E-state index in [1.165, 1.54) is 0 Å². The molecule has 2 rings (SSSR count). The summed E-state index contributed by atoms with van der Waals surface area (Å²) in [6.45, 7) is 8.22. The number of nitrogens with zero attached hydrogens (tertiary/aromatic N) is 1. The van der Waals surface area contributed by atoms with Gasteiger partial charge in [-0.25, -0.2) is 0 Å². The molecule has 2 fully saturated rings.